The highest BCUT2D eigenvalue weighted by Gasteiger charge is 2.43. The van der Waals surface area contributed by atoms with E-state index in [4.69, 9.17) is 11.6 Å². The molecule has 2 aromatic carbocycles. The van der Waals surface area contributed by atoms with Crippen molar-refractivity contribution < 1.29 is 10.0 Å². The maximum Gasteiger partial charge on any atom is 0.293 e. The summed E-state index contributed by atoms with van der Waals surface area (Å²) in [6, 6.07) is 11.2. The Bertz CT molecular complexity index is 851. The Hall–Kier alpha value is -2.53. The average molecular weight is 343 g/mol. The molecular formula is C18H15ClN2O3. The van der Waals surface area contributed by atoms with Crippen LogP contribution in [0.25, 0.3) is 0 Å². The van der Waals surface area contributed by atoms with Crippen LogP contribution in [0.4, 0.5) is 11.4 Å². The van der Waals surface area contributed by atoms with Crippen molar-refractivity contribution in [2.75, 3.05) is 5.32 Å². The summed E-state index contributed by atoms with van der Waals surface area (Å²) in [5, 5.41) is 25.2. The molecule has 0 unspecified atom stereocenters. The molecule has 0 spiro atoms. The maximum atomic E-state index is 11.5. The summed E-state index contributed by atoms with van der Waals surface area (Å²) >= 11 is 6.05. The summed E-state index contributed by atoms with van der Waals surface area (Å²) < 4.78 is 0. The molecular weight excluding hydrogens is 328 g/mol. The van der Waals surface area contributed by atoms with Crippen molar-refractivity contribution in [3.63, 3.8) is 0 Å². The van der Waals surface area contributed by atoms with Crippen molar-refractivity contribution in [3.8, 4) is 5.75 Å². The van der Waals surface area contributed by atoms with Gasteiger partial charge in [-0.25, -0.2) is 0 Å². The fraction of sp³-hybridized carbons (Fsp3) is 0.222. The minimum Gasteiger partial charge on any atom is -0.506 e. The summed E-state index contributed by atoms with van der Waals surface area (Å²) in [5.74, 6) is -0.0480. The van der Waals surface area contributed by atoms with E-state index in [0.29, 0.717) is 11.3 Å². The Labute approximate surface area is 143 Å². The van der Waals surface area contributed by atoms with Gasteiger partial charge in [0.2, 0.25) is 0 Å². The number of benzene rings is 2. The van der Waals surface area contributed by atoms with Gasteiger partial charge >= 0.3 is 0 Å². The molecule has 2 aromatic rings. The minimum absolute atomic E-state index is 0.0228. The second-order valence-corrected chi connectivity index (χ2v) is 6.57. The van der Waals surface area contributed by atoms with Gasteiger partial charge in [0.05, 0.1) is 22.2 Å². The topological polar surface area (TPSA) is 75.4 Å². The van der Waals surface area contributed by atoms with E-state index in [9.17, 15) is 15.2 Å². The number of nitrogens with one attached hydrogen (secondary N) is 1. The van der Waals surface area contributed by atoms with Gasteiger partial charge in [0, 0.05) is 12.0 Å². The van der Waals surface area contributed by atoms with E-state index in [0.717, 1.165) is 12.0 Å². The first kappa shape index (κ1) is 15.0. The number of nitro groups is 1. The Morgan fingerprint density at radius 1 is 1.29 bits per heavy atom. The second-order valence-electron chi connectivity index (χ2n) is 6.16. The van der Waals surface area contributed by atoms with Crippen LogP contribution in [0.3, 0.4) is 0 Å². The maximum absolute atomic E-state index is 11.5. The molecule has 4 rings (SSSR count). The lowest BCUT2D eigenvalue weighted by atomic mass is 9.76. The molecule has 0 saturated carbocycles. The van der Waals surface area contributed by atoms with E-state index >= 15 is 0 Å². The number of nitro benzene ring substituents is 1. The number of hydrogen-bond acceptors (Lipinski definition) is 4. The summed E-state index contributed by atoms with van der Waals surface area (Å²) in [6.07, 6.45) is 4.86. The van der Waals surface area contributed by atoms with Crippen molar-refractivity contribution >= 4 is 23.0 Å². The average Bonchev–Trinajstić information content (AvgIpc) is 3.04. The van der Waals surface area contributed by atoms with Crippen molar-refractivity contribution in [2.24, 2.45) is 5.92 Å². The van der Waals surface area contributed by atoms with Gasteiger partial charge in [0.25, 0.3) is 5.69 Å². The molecule has 0 saturated heterocycles. The monoisotopic (exact) mass is 342 g/mol. The Balaban J connectivity index is 1.92. The molecule has 1 aliphatic carbocycles. The van der Waals surface area contributed by atoms with Crippen molar-refractivity contribution in [1.29, 1.82) is 0 Å². The molecule has 2 N–H and O–H groups in total. The standard InChI is InChI=1S/C18H15ClN2O3/c19-13-9-14(22)17-15(18(13)21(23)24)11-7-4-8-12(11)16(20-17)10-5-2-1-3-6-10/h1-7,9,11-12,16,20,22H,8H2/t11-,12+,16+/m1/s1. The minimum atomic E-state index is -0.464. The molecule has 5 nitrogen and oxygen atoms in total. The summed E-state index contributed by atoms with van der Waals surface area (Å²) in [7, 11) is 0. The first-order valence-electron chi connectivity index (χ1n) is 7.76. The van der Waals surface area contributed by atoms with Crippen LogP contribution in [0.2, 0.25) is 5.02 Å². The van der Waals surface area contributed by atoms with E-state index in [1.807, 2.05) is 42.5 Å². The zero-order valence-electron chi connectivity index (χ0n) is 12.6. The molecule has 2 aliphatic rings. The predicted molar refractivity (Wildman–Crippen MR) is 92.6 cm³/mol. The van der Waals surface area contributed by atoms with E-state index in [-0.39, 0.29) is 34.3 Å². The highest BCUT2D eigenvalue weighted by atomic mass is 35.5. The zero-order valence-corrected chi connectivity index (χ0v) is 13.4. The third kappa shape index (κ3) is 2.16. The van der Waals surface area contributed by atoms with Crippen LogP contribution in [0.1, 0.15) is 29.5 Å². The Morgan fingerprint density at radius 2 is 2.04 bits per heavy atom. The van der Waals surface area contributed by atoms with Crippen molar-refractivity contribution in [3.05, 3.63) is 74.8 Å². The first-order valence-corrected chi connectivity index (χ1v) is 8.13. The largest absolute Gasteiger partial charge is 0.506 e. The summed E-state index contributed by atoms with van der Waals surface area (Å²) in [6.45, 7) is 0. The van der Waals surface area contributed by atoms with Crippen molar-refractivity contribution in [1.82, 2.24) is 0 Å². The quantitative estimate of drug-likeness (QED) is 0.356. The van der Waals surface area contributed by atoms with E-state index in [2.05, 4.69) is 5.32 Å². The second kappa shape index (κ2) is 5.53. The molecule has 6 heteroatoms. The van der Waals surface area contributed by atoms with Gasteiger partial charge in [0.15, 0.2) is 0 Å². The number of phenols is 1. The van der Waals surface area contributed by atoms with Gasteiger partial charge < -0.3 is 10.4 Å². The van der Waals surface area contributed by atoms with Crippen LogP contribution in [-0.2, 0) is 0 Å². The highest BCUT2D eigenvalue weighted by Crippen LogP contribution is 2.56. The van der Waals surface area contributed by atoms with E-state index in [1.165, 1.54) is 6.07 Å². The number of allylic oxidation sites excluding steroid dienone is 2. The van der Waals surface area contributed by atoms with Crippen LogP contribution in [0, 0.1) is 16.0 Å². The molecule has 0 fully saturated rings. The lowest BCUT2D eigenvalue weighted by Gasteiger charge is -2.37. The van der Waals surface area contributed by atoms with Crippen LogP contribution in [-0.4, -0.2) is 10.0 Å². The Morgan fingerprint density at radius 3 is 2.75 bits per heavy atom. The summed E-state index contributed by atoms with van der Waals surface area (Å²) in [4.78, 5) is 11.1. The zero-order chi connectivity index (χ0) is 16.8. The molecule has 3 atom stereocenters. The molecule has 0 aromatic heterocycles. The first-order chi connectivity index (χ1) is 11.6. The van der Waals surface area contributed by atoms with E-state index < -0.39 is 4.92 Å². The lowest BCUT2D eigenvalue weighted by Crippen LogP contribution is -2.29. The summed E-state index contributed by atoms with van der Waals surface area (Å²) in [5.41, 5.74) is 1.87. The third-order valence-electron chi connectivity index (χ3n) is 4.89. The van der Waals surface area contributed by atoms with Gasteiger partial charge in [-0.3, -0.25) is 10.1 Å². The number of fused-ring (bicyclic) bond motifs is 3. The fourth-order valence-electron chi connectivity index (χ4n) is 3.89. The number of anilines is 1. The highest BCUT2D eigenvalue weighted by molar-refractivity contribution is 6.33. The molecule has 1 aliphatic heterocycles. The van der Waals surface area contributed by atoms with Gasteiger partial charge in [0.1, 0.15) is 10.8 Å². The lowest BCUT2D eigenvalue weighted by molar-refractivity contribution is -0.385. The van der Waals surface area contributed by atoms with Crippen molar-refractivity contribution in [2.45, 2.75) is 18.4 Å². The number of phenolic OH excluding ortho intramolecular Hbond substituents is 1. The number of halogens is 1. The molecule has 0 bridgehead atoms. The van der Waals surface area contributed by atoms with Crippen LogP contribution >= 0.6 is 11.6 Å². The van der Waals surface area contributed by atoms with E-state index in [1.54, 1.807) is 0 Å². The van der Waals surface area contributed by atoms with Gasteiger partial charge in [-0.1, -0.05) is 54.1 Å². The number of aromatic hydroxyl groups is 1. The number of hydrogen-bond donors (Lipinski definition) is 2. The Kier molecular flexibility index (Phi) is 3.46. The molecule has 1 heterocycles. The van der Waals surface area contributed by atoms with Gasteiger partial charge in [-0.2, -0.15) is 0 Å². The number of nitrogens with zero attached hydrogens (tertiary/aromatic N) is 1. The predicted octanol–water partition coefficient (Wildman–Crippen LogP) is 4.78. The van der Waals surface area contributed by atoms with Crippen LogP contribution < -0.4 is 5.32 Å². The van der Waals surface area contributed by atoms with Gasteiger partial charge in [-0.15, -0.1) is 0 Å². The molecule has 24 heavy (non-hydrogen) atoms. The normalized spacial score (nSPS) is 24.1. The fourth-order valence-corrected chi connectivity index (χ4v) is 4.16. The molecule has 0 amide bonds. The van der Waals surface area contributed by atoms with Gasteiger partial charge in [-0.05, 0) is 17.9 Å². The molecule has 122 valence electrons. The third-order valence-corrected chi connectivity index (χ3v) is 5.17. The van der Waals surface area contributed by atoms with Crippen LogP contribution in [0.15, 0.2) is 48.6 Å². The number of rotatable bonds is 2. The van der Waals surface area contributed by atoms with Crippen LogP contribution in [0.5, 0.6) is 5.75 Å². The SMILES string of the molecule is O=[N+]([O-])c1c(Cl)cc(O)c2c1[C@@H]1C=CC[C@@H]1[C@H](c1ccccc1)N2. The smallest absolute Gasteiger partial charge is 0.293 e. The molecule has 0 radical (unpaired) electrons.